The highest BCUT2D eigenvalue weighted by Gasteiger charge is 2.38. The Morgan fingerprint density at radius 3 is 2.60 bits per heavy atom. The van der Waals surface area contributed by atoms with Crippen LogP contribution in [0, 0.1) is 0 Å². The number of benzene rings is 1. The molecule has 1 N–H and O–H groups in total. The fourth-order valence-electron chi connectivity index (χ4n) is 3.70. The van der Waals surface area contributed by atoms with Crippen LogP contribution in [0.15, 0.2) is 47.0 Å². The number of nitrogens with one attached hydrogen (secondary N) is 1. The molecule has 1 aromatic carbocycles. The van der Waals surface area contributed by atoms with E-state index in [0.29, 0.717) is 22.9 Å². The molecule has 0 unspecified atom stereocenters. The Balaban J connectivity index is 1.74. The summed E-state index contributed by atoms with van der Waals surface area (Å²) in [4.78, 5) is 26.3. The van der Waals surface area contributed by atoms with Gasteiger partial charge in [0.05, 0.1) is 10.0 Å². The van der Waals surface area contributed by atoms with Crippen LogP contribution in [0.1, 0.15) is 41.5 Å². The van der Waals surface area contributed by atoms with Crippen LogP contribution in [0.5, 0.6) is 0 Å². The summed E-state index contributed by atoms with van der Waals surface area (Å²) in [6, 6.07) is 9.37. The predicted octanol–water partition coefficient (Wildman–Crippen LogP) is 5.06. The summed E-state index contributed by atoms with van der Waals surface area (Å²) >= 11 is 13.8. The minimum absolute atomic E-state index is 0.0607. The highest BCUT2D eigenvalue weighted by atomic mass is 35.5. The zero-order valence-corrected chi connectivity index (χ0v) is 15.5. The molecule has 2 aromatic rings. The van der Waals surface area contributed by atoms with E-state index in [1.807, 2.05) is 17.5 Å². The van der Waals surface area contributed by atoms with Gasteiger partial charge in [0.1, 0.15) is 0 Å². The molecule has 3 nitrogen and oxygen atoms in total. The monoisotopic (exact) mass is 391 g/mol. The number of rotatable bonds is 2. The van der Waals surface area contributed by atoms with Gasteiger partial charge in [-0.2, -0.15) is 0 Å². The fraction of sp³-hybridized carbons (Fsp3) is 0.263. The van der Waals surface area contributed by atoms with E-state index >= 15 is 0 Å². The molecule has 0 radical (unpaired) electrons. The molecule has 0 fully saturated rings. The Morgan fingerprint density at radius 2 is 1.88 bits per heavy atom. The van der Waals surface area contributed by atoms with Crippen LogP contribution >= 0.6 is 34.5 Å². The third-order valence-electron chi connectivity index (χ3n) is 4.83. The summed E-state index contributed by atoms with van der Waals surface area (Å²) in [7, 11) is 0. The van der Waals surface area contributed by atoms with Gasteiger partial charge in [-0.05, 0) is 35.6 Å². The molecule has 0 saturated heterocycles. The molecule has 0 bridgehead atoms. The molecule has 1 aliphatic carbocycles. The van der Waals surface area contributed by atoms with Crippen LogP contribution in [0.3, 0.4) is 0 Å². The molecule has 1 aromatic heterocycles. The van der Waals surface area contributed by atoms with Gasteiger partial charge < -0.3 is 5.32 Å². The second kappa shape index (κ2) is 6.60. The number of carbonyl (C=O) groups is 2. The average Bonchev–Trinajstić information content (AvgIpc) is 3.10. The second-order valence-corrected chi connectivity index (χ2v) is 8.21. The summed E-state index contributed by atoms with van der Waals surface area (Å²) in [5.41, 5.74) is 2.35. The molecule has 2 atom stereocenters. The van der Waals surface area contributed by atoms with E-state index in [1.165, 1.54) is 4.88 Å². The number of hydrogen-bond acceptors (Lipinski definition) is 3. The molecule has 2 aliphatic rings. The molecule has 1 amide bonds. The van der Waals surface area contributed by atoms with Gasteiger partial charge in [-0.1, -0.05) is 35.3 Å². The quantitative estimate of drug-likeness (QED) is 0.777. The fourth-order valence-corrected chi connectivity index (χ4v) is 4.84. The van der Waals surface area contributed by atoms with Crippen molar-refractivity contribution in [2.45, 2.75) is 31.1 Å². The van der Waals surface area contributed by atoms with Crippen LogP contribution in [0.4, 0.5) is 0 Å². The molecule has 0 saturated carbocycles. The smallest absolute Gasteiger partial charge is 0.225 e. The van der Waals surface area contributed by atoms with Crippen molar-refractivity contribution in [1.29, 1.82) is 0 Å². The largest absolute Gasteiger partial charge is 0.329 e. The van der Waals surface area contributed by atoms with Gasteiger partial charge >= 0.3 is 0 Å². The Bertz CT molecular complexity index is 889. The number of halogens is 2. The minimum atomic E-state index is -0.254. The Morgan fingerprint density at radius 1 is 1.04 bits per heavy atom. The van der Waals surface area contributed by atoms with Gasteiger partial charge in [-0.3, -0.25) is 9.59 Å². The third-order valence-corrected chi connectivity index (χ3v) is 6.60. The van der Waals surface area contributed by atoms with E-state index in [0.717, 1.165) is 16.8 Å². The first-order valence-corrected chi connectivity index (χ1v) is 9.71. The molecular weight excluding hydrogens is 377 g/mol. The molecule has 0 spiro atoms. The lowest BCUT2D eigenvalue weighted by Crippen LogP contribution is -2.38. The zero-order chi connectivity index (χ0) is 17.6. The lowest BCUT2D eigenvalue weighted by molar-refractivity contribution is -0.122. The Kier molecular flexibility index (Phi) is 4.44. The average molecular weight is 392 g/mol. The van der Waals surface area contributed by atoms with Crippen molar-refractivity contribution in [2.24, 2.45) is 0 Å². The van der Waals surface area contributed by atoms with Gasteiger partial charge in [0.2, 0.25) is 5.91 Å². The maximum atomic E-state index is 12.9. The number of ketones is 1. The summed E-state index contributed by atoms with van der Waals surface area (Å²) in [5, 5.41) is 5.85. The van der Waals surface area contributed by atoms with E-state index in [2.05, 4.69) is 11.4 Å². The van der Waals surface area contributed by atoms with Crippen molar-refractivity contribution in [1.82, 2.24) is 5.32 Å². The first-order chi connectivity index (χ1) is 12.0. The molecule has 4 rings (SSSR count). The van der Waals surface area contributed by atoms with Crippen LogP contribution in [-0.4, -0.2) is 11.7 Å². The van der Waals surface area contributed by atoms with Gasteiger partial charge in [-0.15, -0.1) is 11.3 Å². The standard InChI is InChI=1S/C19H15Cl2NO2S/c20-13-4-3-10(6-14(13)21)12-9-18(24)22-15-7-11(8-16(23)19(12)15)17-2-1-5-25-17/h1-6,11-12H,7-9H2,(H,22,24)/t11-,12-/m1/s1. The van der Waals surface area contributed by atoms with Crippen LogP contribution in [0.25, 0.3) is 0 Å². The van der Waals surface area contributed by atoms with Crippen molar-refractivity contribution in [3.05, 3.63) is 67.5 Å². The van der Waals surface area contributed by atoms with Gasteiger partial charge in [-0.25, -0.2) is 0 Å². The Hall–Kier alpha value is -1.62. The van der Waals surface area contributed by atoms with Gasteiger partial charge in [0.15, 0.2) is 5.78 Å². The van der Waals surface area contributed by atoms with E-state index in [4.69, 9.17) is 23.2 Å². The van der Waals surface area contributed by atoms with Crippen LogP contribution in [0.2, 0.25) is 10.0 Å². The number of amides is 1. The lowest BCUT2D eigenvalue weighted by Gasteiger charge is -2.34. The second-order valence-electron chi connectivity index (χ2n) is 6.41. The summed E-state index contributed by atoms with van der Waals surface area (Å²) in [6.45, 7) is 0. The molecule has 25 heavy (non-hydrogen) atoms. The molecule has 128 valence electrons. The van der Waals surface area contributed by atoms with Gasteiger partial charge in [0.25, 0.3) is 0 Å². The van der Waals surface area contributed by atoms with Crippen molar-refractivity contribution >= 4 is 46.2 Å². The number of carbonyl (C=O) groups excluding carboxylic acids is 2. The molecule has 1 aliphatic heterocycles. The highest BCUT2D eigenvalue weighted by molar-refractivity contribution is 7.10. The third kappa shape index (κ3) is 3.14. The Labute approximate surface area is 159 Å². The number of allylic oxidation sites excluding steroid dienone is 2. The summed E-state index contributed by atoms with van der Waals surface area (Å²) < 4.78 is 0. The maximum Gasteiger partial charge on any atom is 0.225 e. The summed E-state index contributed by atoms with van der Waals surface area (Å²) in [6.07, 6.45) is 1.42. The lowest BCUT2D eigenvalue weighted by atomic mass is 9.75. The SMILES string of the molecule is O=C1C[C@H](c2ccc(Cl)c(Cl)c2)C2=C(C[C@@H](c3cccs3)CC2=O)N1. The van der Waals surface area contributed by atoms with Crippen molar-refractivity contribution < 1.29 is 9.59 Å². The molecule has 2 heterocycles. The maximum absolute atomic E-state index is 12.9. The van der Waals surface area contributed by atoms with Crippen molar-refractivity contribution in [2.75, 3.05) is 0 Å². The van der Waals surface area contributed by atoms with Crippen molar-refractivity contribution in [3.8, 4) is 0 Å². The van der Waals surface area contributed by atoms with E-state index < -0.39 is 0 Å². The zero-order valence-electron chi connectivity index (χ0n) is 13.2. The predicted molar refractivity (Wildman–Crippen MR) is 100 cm³/mol. The van der Waals surface area contributed by atoms with Crippen molar-refractivity contribution in [3.63, 3.8) is 0 Å². The highest BCUT2D eigenvalue weighted by Crippen LogP contribution is 2.44. The minimum Gasteiger partial charge on any atom is -0.329 e. The van der Waals surface area contributed by atoms with Crippen LogP contribution in [-0.2, 0) is 9.59 Å². The first-order valence-electron chi connectivity index (χ1n) is 8.07. The normalized spacial score (nSPS) is 23.4. The summed E-state index contributed by atoms with van der Waals surface area (Å²) in [5.74, 6) is -0.0698. The molecule has 6 heteroatoms. The number of thiophene rings is 1. The van der Waals surface area contributed by atoms with E-state index in [-0.39, 0.29) is 29.9 Å². The first kappa shape index (κ1) is 16.8. The number of hydrogen-bond donors (Lipinski definition) is 1. The molecular formula is C19H15Cl2NO2S. The van der Waals surface area contributed by atoms with E-state index in [9.17, 15) is 9.59 Å². The van der Waals surface area contributed by atoms with Gasteiger partial charge in [0, 0.05) is 40.8 Å². The van der Waals surface area contributed by atoms with E-state index in [1.54, 1.807) is 23.5 Å². The van der Waals surface area contributed by atoms with Crippen LogP contribution < -0.4 is 5.32 Å². The topological polar surface area (TPSA) is 46.2 Å². The number of Topliss-reactive ketones (excluding diaryl/α,β-unsaturated/α-hetero) is 1.